The summed E-state index contributed by atoms with van der Waals surface area (Å²) in [6, 6.07) is 3.92. The lowest BCUT2D eigenvalue weighted by molar-refractivity contribution is -0.136. The number of unbranched alkanes of at least 4 members (excludes halogenated alkanes) is 4. The molecule has 0 aromatic heterocycles. The number of amides is 4. The van der Waals surface area contributed by atoms with Crippen molar-refractivity contribution in [2.24, 2.45) is 0 Å². The Hall–Kier alpha value is -3.02. The zero-order valence-electron chi connectivity index (χ0n) is 30.1. The second-order valence-corrected chi connectivity index (χ2v) is 11.9. The Morgan fingerprint density at radius 2 is 1.12 bits per heavy atom. The van der Waals surface area contributed by atoms with Crippen molar-refractivity contribution in [3.05, 3.63) is 29.3 Å². The Labute approximate surface area is 301 Å². The van der Waals surface area contributed by atoms with E-state index < -0.39 is 29.7 Å². The SMILES string of the molecule is CCCCCCCOCCOCCOCCOCCOCCOCCOCCOCCNc1cccc2c1C(=O)N(C1CCC(=O)NC1=O)C2=O. The molecule has 2 aliphatic heterocycles. The molecule has 3 rings (SSSR count). The topological polar surface area (TPSA) is 169 Å². The molecule has 0 bridgehead atoms. The van der Waals surface area contributed by atoms with E-state index in [0.717, 1.165) is 17.9 Å². The Morgan fingerprint density at radius 3 is 1.63 bits per heavy atom. The van der Waals surface area contributed by atoms with Gasteiger partial charge >= 0.3 is 0 Å². The van der Waals surface area contributed by atoms with Crippen LogP contribution in [0.25, 0.3) is 0 Å². The molecule has 2 N–H and O–H groups in total. The third kappa shape index (κ3) is 16.5. The number of carbonyl (C=O) groups excluding carboxylic acids is 4. The number of fused-ring (bicyclic) bond motifs is 1. The van der Waals surface area contributed by atoms with Gasteiger partial charge in [-0.1, -0.05) is 38.7 Å². The highest BCUT2D eigenvalue weighted by Crippen LogP contribution is 2.32. The number of imide groups is 2. The molecule has 15 heteroatoms. The number of nitrogens with zero attached hydrogens (tertiary/aromatic N) is 1. The van der Waals surface area contributed by atoms with E-state index in [-0.39, 0.29) is 24.0 Å². The first-order valence-corrected chi connectivity index (χ1v) is 18.2. The van der Waals surface area contributed by atoms with E-state index in [0.29, 0.717) is 111 Å². The molecule has 0 radical (unpaired) electrons. The molecule has 51 heavy (non-hydrogen) atoms. The summed E-state index contributed by atoms with van der Waals surface area (Å²) in [6.45, 7) is 10.6. The first kappa shape index (κ1) is 42.4. The molecule has 15 nitrogen and oxygen atoms in total. The lowest BCUT2D eigenvalue weighted by Crippen LogP contribution is -2.54. The molecule has 2 heterocycles. The second-order valence-electron chi connectivity index (χ2n) is 11.9. The smallest absolute Gasteiger partial charge is 0.264 e. The van der Waals surface area contributed by atoms with Crippen LogP contribution in [0.4, 0.5) is 5.69 Å². The molecule has 4 amide bonds. The number of carbonyl (C=O) groups is 4. The first-order chi connectivity index (χ1) is 25.0. The summed E-state index contributed by atoms with van der Waals surface area (Å²) in [7, 11) is 0. The molecule has 1 saturated heterocycles. The molecular formula is C36H57N3O12. The fraction of sp³-hybridized carbons (Fsp3) is 0.722. The first-order valence-electron chi connectivity index (χ1n) is 18.2. The minimum atomic E-state index is -1.01. The molecule has 0 aliphatic carbocycles. The maximum atomic E-state index is 13.1. The van der Waals surface area contributed by atoms with Gasteiger partial charge in [0.15, 0.2) is 0 Å². The molecule has 0 spiro atoms. The largest absolute Gasteiger partial charge is 0.382 e. The number of piperidine rings is 1. The zero-order chi connectivity index (χ0) is 36.4. The number of ether oxygens (including phenoxy) is 8. The Balaban J connectivity index is 1.05. The van der Waals surface area contributed by atoms with Crippen molar-refractivity contribution in [2.75, 3.05) is 118 Å². The quantitative estimate of drug-likeness (QED) is 0.0823. The van der Waals surface area contributed by atoms with E-state index in [4.69, 9.17) is 37.9 Å². The highest BCUT2D eigenvalue weighted by molar-refractivity contribution is 6.25. The summed E-state index contributed by atoms with van der Waals surface area (Å²) in [6.07, 6.45) is 6.39. The van der Waals surface area contributed by atoms with Crippen molar-refractivity contribution in [3.63, 3.8) is 0 Å². The molecule has 2 aliphatic rings. The van der Waals surface area contributed by atoms with Crippen molar-refractivity contribution in [1.29, 1.82) is 0 Å². The summed E-state index contributed by atoms with van der Waals surface area (Å²) in [5, 5.41) is 5.34. The van der Waals surface area contributed by atoms with Crippen LogP contribution in [0.1, 0.15) is 72.6 Å². The molecule has 1 atom stereocenters. The van der Waals surface area contributed by atoms with Crippen LogP contribution in [0.15, 0.2) is 18.2 Å². The van der Waals surface area contributed by atoms with E-state index in [1.165, 1.54) is 25.7 Å². The van der Waals surface area contributed by atoms with E-state index in [1.54, 1.807) is 18.2 Å². The Morgan fingerprint density at radius 1 is 0.627 bits per heavy atom. The fourth-order valence-electron chi connectivity index (χ4n) is 5.37. The Bertz CT molecular complexity index is 1170. The van der Waals surface area contributed by atoms with Crippen LogP contribution in [0.3, 0.4) is 0 Å². The summed E-state index contributed by atoms with van der Waals surface area (Å²) < 4.78 is 44.1. The molecule has 1 fully saturated rings. The third-order valence-electron chi connectivity index (χ3n) is 8.03. The average Bonchev–Trinajstić information content (AvgIpc) is 3.38. The molecular weight excluding hydrogens is 666 g/mol. The standard InChI is InChI=1S/C36H57N3O12/c1-2-3-4-5-6-13-44-15-17-46-19-21-48-23-25-50-27-28-51-26-24-49-22-20-47-18-16-45-14-12-37-30-9-7-8-29-33(30)36(43)39(35(29)42)31-10-11-32(40)38-34(31)41/h7-9,31,37H,2-6,10-28H2,1H3,(H,38,40,41). The van der Waals surface area contributed by atoms with Crippen LogP contribution < -0.4 is 10.6 Å². The number of hydrogen-bond donors (Lipinski definition) is 2. The van der Waals surface area contributed by atoms with Crippen molar-refractivity contribution in [2.45, 2.75) is 57.9 Å². The number of rotatable bonds is 32. The summed E-state index contributed by atoms with van der Waals surface area (Å²) in [5.74, 6) is -2.15. The van der Waals surface area contributed by atoms with E-state index in [9.17, 15) is 19.2 Å². The van der Waals surface area contributed by atoms with Crippen LogP contribution in [0, 0.1) is 0 Å². The maximum absolute atomic E-state index is 13.1. The molecule has 1 aromatic carbocycles. The molecule has 1 unspecified atom stereocenters. The third-order valence-corrected chi connectivity index (χ3v) is 8.03. The normalized spacial score (nSPS) is 15.9. The van der Waals surface area contributed by atoms with E-state index in [2.05, 4.69) is 17.6 Å². The van der Waals surface area contributed by atoms with Crippen LogP contribution in [0.5, 0.6) is 0 Å². The number of hydrogen-bond acceptors (Lipinski definition) is 13. The summed E-state index contributed by atoms with van der Waals surface area (Å²) >= 11 is 0. The van der Waals surface area contributed by atoms with Gasteiger partial charge in [-0.3, -0.25) is 29.4 Å². The van der Waals surface area contributed by atoms with Gasteiger partial charge in [-0.2, -0.15) is 0 Å². The van der Waals surface area contributed by atoms with Gasteiger partial charge in [0.2, 0.25) is 11.8 Å². The fourth-order valence-corrected chi connectivity index (χ4v) is 5.37. The monoisotopic (exact) mass is 723 g/mol. The van der Waals surface area contributed by atoms with Gasteiger partial charge in [0, 0.05) is 25.3 Å². The zero-order valence-corrected chi connectivity index (χ0v) is 30.1. The van der Waals surface area contributed by atoms with E-state index >= 15 is 0 Å². The van der Waals surface area contributed by atoms with Gasteiger partial charge in [0.05, 0.1) is 110 Å². The molecule has 1 aromatic rings. The highest BCUT2D eigenvalue weighted by Gasteiger charge is 2.45. The van der Waals surface area contributed by atoms with Gasteiger partial charge in [-0.15, -0.1) is 0 Å². The molecule has 288 valence electrons. The Kier molecular flexibility index (Phi) is 22.2. The minimum absolute atomic E-state index is 0.0699. The predicted molar refractivity (Wildman–Crippen MR) is 187 cm³/mol. The van der Waals surface area contributed by atoms with Gasteiger partial charge in [-0.25, -0.2) is 0 Å². The van der Waals surface area contributed by atoms with E-state index in [1.807, 2.05) is 0 Å². The molecule has 0 saturated carbocycles. The number of nitrogens with one attached hydrogen (secondary N) is 2. The van der Waals surface area contributed by atoms with Crippen LogP contribution >= 0.6 is 0 Å². The van der Waals surface area contributed by atoms with Crippen molar-refractivity contribution in [3.8, 4) is 0 Å². The summed E-state index contributed by atoms with van der Waals surface area (Å²) in [5.41, 5.74) is 0.923. The van der Waals surface area contributed by atoms with Crippen LogP contribution in [-0.2, 0) is 47.5 Å². The van der Waals surface area contributed by atoms with Gasteiger partial charge in [-0.05, 0) is 25.0 Å². The van der Waals surface area contributed by atoms with Crippen LogP contribution in [-0.4, -0.2) is 147 Å². The summed E-state index contributed by atoms with van der Waals surface area (Å²) in [4.78, 5) is 50.8. The lowest BCUT2D eigenvalue weighted by Gasteiger charge is -2.27. The van der Waals surface area contributed by atoms with Gasteiger partial charge in [0.1, 0.15) is 6.04 Å². The highest BCUT2D eigenvalue weighted by atomic mass is 16.6. The van der Waals surface area contributed by atoms with Crippen molar-refractivity contribution in [1.82, 2.24) is 10.2 Å². The predicted octanol–water partition coefficient (Wildman–Crippen LogP) is 2.60. The van der Waals surface area contributed by atoms with Gasteiger partial charge in [0.25, 0.3) is 11.8 Å². The maximum Gasteiger partial charge on any atom is 0.264 e. The average molecular weight is 724 g/mol. The second kappa shape index (κ2) is 26.7. The minimum Gasteiger partial charge on any atom is -0.382 e. The number of benzene rings is 1. The number of anilines is 1. The van der Waals surface area contributed by atoms with Gasteiger partial charge < -0.3 is 43.2 Å². The lowest BCUT2D eigenvalue weighted by atomic mass is 10.0. The van der Waals surface area contributed by atoms with Crippen molar-refractivity contribution >= 4 is 29.3 Å². The van der Waals surface area contributed by atoms with Crippen LogP contribution in [0.2, 0.25) is 0 Å². The van der Waals surface area contributed by atoms with Crippen molar-refractivity contribution < 1.29 is 57.1 Å².